The van der Waals surface area contributed by atoms with Crippen molar-refractivity contribution in [1.82, 2.24) is 5.06 Å². The Morgan fingerprint density at radius 1 is 1.57 bits per heavy atom. The second-order valence-electron chi connectivity index (χ2n) is 1.33. The zero-order chi connectivity index (χ0) is 5.70. The number of rotatable bonds is 3. The fraction of sp³-hybridized carbons (Fsp3) is 1.00. The summed E-state index contributed by atoms with van der Waals surface area (Å²) in [4.78, 5) is 4.89. The van der Waals surface area contributed by atoms with Gasteiger partial charge in [-0.1, -0.05) is 0 Å². The minimum Gasteiger partial charge on any atom is -0.298 e. The van der Waals surface area contributed by atoms with Crippen LogP contribution in [0, 0.1) is 0 Å². The van der Waals surface area contributed by atoms with E-state index in [1.54, 1.807) is 5.06 Å². The van der Waals surface area contributed by atoms with E-state index in [9.17, 15) is 0 Å². The topological polar surface area (TPSA) is 12.5 Å². The van der Waals surface area contributed by atoms with Crippen LogP contribution in [0.2, 0.25) is 0 Å². The monoisotopic (exact) mass is 123 g/mol. The van der Waals surface area contributed by atoms with E-state index in [4.69, 9.17) is 16.4 Å². The molecule has 2 nitrogen and oxygen atoms in total. The van der Waals surface area contributed by atoms with Gasteiger partial charge in [0, 0.05) is 20.0 Å². The summed E-state index contributed by atoms with van der Waals surface area (Å²) in [5.41, 5.74) is 0. The van der Waals surface area contributed by atoms with E-state index in [-0.39, 0.29) is 0 Å². The fourth-order valence-electron chi connectivity index (χ4n) is 0.217. The highest BCUT2D eigenvalue weighted by atomic mass is 35.5. The summed E-state index contributed by atoms with van der Waals surface area (Å²) in [7, 11) is 3.65. The van der Waals surface area contributed by atoms with Crippen LogP contribution in [0.3, 0.4) is 0 Å². The largest absolute Gasteiger partial charge is 0.298 e. The van der Waals surface area contributed by atoms with Crippen LogP contribution in [0.25, 0.3) is 0 Å². The van der Waals surface area contributed by atoms with E-state index < -0.39 is 0 Å². The molecule has 0 aromatic heterocycles. The molecule has 44 valence electrons. The molecule has 0 aliphatic rings. The molecule has 0 radical (unpaired) electrons. The summed E-state index contributed by atoms with van der Waals surface area (Å²) in [6, 6.07) is 0. The quantitative estimate of drug-likeness (QED) is 0.405. The molecule has 0 bridgehead atoms. The van der Waals surface area contributed by atoms with Gasteiger partial charge in [-0.3, -0.25) is 4.84 Å². The normalized spacial score (nSPS) is 10.3. The molecule has 0 N–H and O–H groups in total. The maximum Gasteiger partial charge on any atom is 0.0820 e. The first-order valence-electron chi connectivity index (χ1n) is 2.13. The average molecular weight is 124 g/mol. The summed E-state index contributed by atoms with van der Waals surface area (Å²) in [6.07, 6.45) is 0. The lowest BCUT2D eigenvalue weighted by Gasteiger charge is -2.06. The lowest BCUT2D eigenvalue weighted by molar-refractivity contribution is -0.112. The minimum absolute atomic E-state index is 0.554. The van der Waals surface area contributed by atoms with Gasteiger partial charge in [0.05, 0.1) is 6.61 Å². The Balaban J connectivity index is 2.68. The van der Waals surface area contributed by atoms with E-state index in [0.717, 1.165) is 0 Å². The molecule has 0 aliphatic heterocycles. The second-order valence-corrected chi connectivity index (χ2v) is 1.71. The molecule has 3 heteroatoms. The molecule has 0 unspecified atom stereocenters. The van der Waals surface area contributed by atoms with E-state index >= 15 is 0 Å². The van der Waals surface area contributed by atoms with Crippen LogP contribution >= 0.6 is 11.6 Å². The highest BCUT2D eigenvalue weighted by Crippen LogP contribution is 1.79. The van der Waals surface area contributed by atoms with Gasteiger partial charge in [-0.15, -0.1) is 11.6 Å². The Labute approximate surface area is 49.0 Å². The van der Waals surface area contributed by atoms with Crippen LogP contribution in [0.15, 0.2) is 0 Å². The lowest BCUT2D eigenvalue weighted by Crippen LogP contribution is -2.13. The van der Waals surface area contributed by atoms with Gasteiger partial charge in [0.15, 0.2) is 0 Å². The van der Waals surface area contributed by atoms with E-state index in [1.165, 1.54) is 0 Å². The van der Waals surface area contributed by atoms with E-state index in [1.807, 2.05) is 14.1 Å². The molecule has 7 heavy (non-hydrogen) atoms. The lowest BCUT2D eigenvalue weighted by atomic mass is 10.9. The number of hydrogen-bond donors (Lipinski definition) is 0. The van der Waals surface area contributed by atoms with Crippen LogP contribution in [0.4, 0.5) is 0 Å². The third-order valence-corrected chi connectivity index (χ3v) is 0.581. The molecule has 0 amide bonds. The van der Waals surface area contributed by atoms with Crippen LogP contribution in [0.1, 0.15) is 0 Å². The predicted octanol–water partition coefficient (Wildman–Crippen LogP) is 0.718. The van der Waals surface area contributed by atoms with Crippen molar-refractivity contribution in [2.24, 2.45) is 0 Å². The molecular formula is C4H10ClNO. The fourth-order valence-corrected chi connectivity index (χ4v) is 0.286. The first-order chi connectivity index (χ1) is 3.27. The summed E-state index contributed by atoms with van der Waals surface area (Å²) in [5.74, 6) is 0.554. The van der Waals surface area contributed by atoms with Crippen LogP contribution in [-0.4, -0.2) is 31.6 Å². The zero-order valence-corrected chi connectivity index (χ0v) is 5.40. The standard InChI is InChI=1S/C4H10ClNO/c1-6(2)7-4-3-5/h3-4H2,1-2H3. The number of halogens is 1. The summed E-state index contributed by atoms with van der Waals surface area (Å²) >= 11 is 5.29. The average Bonchev–Trinajstić information content (AvgIpc) is 1.61. The Bertz CT molecular complexity index is 40.7. The third kappa shape index (κ3) is 6.21. The highest BCUT2D eigenvalue weighted by molar-refractivity contribution is 6.17. The smallest absolute Gasteiger partial charge is 0.0820 e. The molecule has 0 fully saturated rings. The van der Waals surface area contributed by atoms with Crippen LogP contribution in [0.5, 0.6) is 0 Å². The molecule has 0 aliphatic carbocycles. The molecule has 0 saturated heterocycles. The second kappa shape index (κ2) is 4.37. The number of nitrogens with zero attached hydrogens (tertiary/aromatic N) is 1. The molecule has 0 saturated carbocycles. The van der Waals surface area contributed by atoms with E-state index in [0.29, 0.717) is 12.5 Å². The van der Waals surface area contributed by atoms with Crippen molar-refractivity contribution in [2.45, 2.75) is 0 Å². The predicted molar refractivity (Wildman–Crippen MR) is 30.4 cm³/mol. The number of hydroxylamine groups is 2. The molecule has 0 spiro atoms. The summed E-state index contributed by atoms with van der Waals surface area (Å²) in [5, 5.41) is 1.63. The van der Waals surface area contributed by atoms with Gasteiger partial charge in [-0.2, -0.15) is 5.06 Å². The van der Waals surface area contributed by atoms with Crippen molar-refractivity contribution in [3.8, 4) is 0 Å². The van der Waals surface area contributed by atoms with Gasteiger partial charge in [0.2, 0.25) is 0 Å². The van der Waals surface area contributed by atoms with Crippen LogP contribution < -0.4 is 0 Å². The van der Waals surface area contributed by atoms with Gasteiger partial charge in [0.1, 0.15) is 0 Å². The van der Waals surface area contributed by atoms with Crippen molar-refractivity contribution >= 4 is 11.6 Å². The van der Waals surface area contributed by atoms with Gasteiger partial charge in [-0.05, 0) is 0 Å². The molecule has 0 aromatic rings. The minimum atomic E-state index is 0.554. The van der Waals surface area contributed by atoms with Gasteiger partial charge in [-0.25, -0.2) is 0 Å². The summed E-state index contributed by atoms with van der Waals surface area (Å²) < 4.78 is 0. The van der Waals surface area contributed by atoms with Crippen molar-refractivity contribution in [1.29, 1.82) is 0 Å². The van der Waals surface area contributed by atoms with Crippen molar-refractivity contribution in [3.05, 3.63) is 0 Å². The maximum absolute atomic E-state index is 5.29. The molecular weight excluding hydrogens is 114 g/mol. The van der Waals surface area contributed by atoms with E-state index in [2.05, 4.69) is 0 Å². The Hall–Kier alpha value is 0.210. The first kappa shape index (κ1) is 7.21. The number of alkyl halides is 1. The van der Waals surface area contributed by atoms with Crippen molar-refractivity contribution in [3.63, 3.8) is 0 Å². The molecule has 0 heterocycles. The van der Waals surface area contributed by atoms with Gasteiger partial charge >= 0.3 is 0 Å². The van der Waals surface area contributed by atoms with Gasteiger partial charge in [0.25, 0.3) is 0 Å². The third-order valence-electron chi connectivity index (χ3n) is 0.427. The first-order valence-corrected chi connectivity index (χ1v) is 2.67. The molecule has 0 aromatic carbocycles. The maximum atomic E-state index is 5.29. The summed E-state index contributed by atoms with van der Waals surface area (Å²) in [6.45, 7) is 0.592. The van der Waals surface area contributed by atoms with Crippen molar-refractivity contribution in [2.75, 3.05) is 26.6 Å². The zero-order valence-electron chi connectivity index (χ0n) is 4.65. The Morgan fingerprint density at radius 3 is 2.29 bits per heavy atom. The van der Waals surface area contributed by atoms with Crippen LogP contribution in [-0.2, 0) is 4.84 Å². The highest BCUT2D eigenvalue weighted by Gasteiger charge is 1.83. The molecule has 0 atom stereocenters. The Kier molecular flexibility index (Phi) is 4.50. The van der Waals surface area contributed by atoms with Crippen molar-refractivity contribution < 1.29 is 4.84 Å². The number of hydrogen-bond acceptors (Lipinski definition) is 2. The SMILES string of the molecule is CN(C)OCCCl. The molecule has 0 rings (SSSR count). The van der Waals surface area contributed by atoms with Gasteiger partial charge < -0.3 is 0 Å². The Morgan fingerprint density at radius 2 is 2.14 bits per heavy atom.